The van der Waals surface area contributed by atoms with Crippen LogP contribution in [0.15, 0.2) is 48.6 Å². The van der Waals surface area contributed by atoms with Crippen molar-refractivity contribution in [3.63, 3.8) is 0 Å². The molecule has 0 saturated carbocycles. The molecule has 0 aliphatic heterocycles. The average molecular weight is 1090 g/mol. The first-order valence-corrected chi connectivity index (χ1v) is 33.9. The third-order valence-corrected chi connectivity index (χ3v) is 15.3. The fraction of sp³-hybridized carbons (Fsp3) is 0.848. The van der Waals surface area contributed by atoms with E-state index in [4.69, 9.17) is 18.5 Å². The highest BCUT2D eigenvalue weighted by molar-refractivity contribution is 7.47. The van der Waals surface area contributed by atoms with E-state index in [0.29, 0.717) is 17.4 Å². The molecule has 0 aromatic heterocycles. The molecule has 2 atom stereocenters. The molecule has 76 heavy (non-hydrogen) atoms. The van der Waals surface area contributed by atoms with Crippen molar-refractivity contribution < 1.29 is 42.1 Å². The van der Waals surface area contributed by atoms with Crippen LogP contribution in [0.4, 0.5) is 0 Å². The number of rotatable bonds is 60. The molecule has 0 aromatic carbocycles. The van der Waals surface area contributed by atoms with Crippen LogP contribution in [0, 0.1) is 0 Å². The summed E-state index contributed by atoms with van der Waals surface area (Å²) in [4.78, 5) is 35.6. The lowest BCUT2D eigenvalue weighted by atomic mass is 10.0. The molecular formula is C66H125NO8P+. The fourth-order valence-electron chi connectivity index (χ4n) is 9.38. The fourth-order valence-corrected chi connectivity index (χ4v) is 10.1. The largest absolute Gasteiger partial charge is 0.472 e. The number of nitrogens with zero attached hydrogens (tertiary/aromatic N) is 1. The van der Waals surface area contributed by atoms with Gasteiger partial charge >= 0.3 is 19.8 Å². The van der Waals surface area contributed by atoms with E-state index in [-0.39, 0.29) is 32.0 Å². The Morgan fingerprint density at radius 3 is 1.14 bits per heavy atom. The molecule has 0 heterocycles. The van der Waals surface area contributed by atoms with Gasteiger partial charge in [-0.05, 0) is 70.6 Å². The van der Waals surface area contributed by atoms with E-state index in [0.717, 1.165) is 57.8 Å². The molecule has 2 unspecified atom stereocenters. The Morgan fingerprint density at radius 1 is 0.421 bits per heavy atom. The second kappa shape index (κ2) is 57.6. The van der Waals surface area contributed by atoms with Crippen LogP contribution in [0.5, 0.6) is 0 Å². The van der Waals surface area contributed by atoms with E-state index in [2.05, 4.69) is 62.5 Å². The summed E-state index contributed by atoms with van der Waals surface area (Å²) in [6.45, 7) is 4.31. The van der Waals surface area contributed by atoms with Gasteiger partial charge in [0.25, 0.3) is 0 Å². The minimum atomic E-state index is -4.39. The first-order valence-electron chi connectivity index (χ1n) is 32.4. The number of phosphoric ester groups is 1. The monoisotopic (exact) mass is 1090 g/mol. The Labute approximate surface area is 471 Å². The first-order chi connectivity index (χ1) is 37.0. The Bertz CT molecular complexity index is 1420. The number of esters is 2. The topological polar surface area (TPSA) is 108 Å². The van der Waals surface area contributed by atoms with Crippen LogP contribution in [-0.4, -0.2) is 74.9 Å². The van der Waals surface area contributed by atoms with Crippen molar-refractivity contribution in [2.24, 2.45) is 0 Å². The summed E-state index contributed by atoms with van der Waals surface area (Å²) < 4.78 is 34.5. The Morgan fingerprint density at radius 2 is 0.750 bits per heavy atom. The summed E-state index contributed by atoms with van der Waals surface area (Å²) >= 11 is 0. The van der Waals surface area contributed by atoms with Gasteiger partial charge in [0.05, 0.1) is 27.7 Å². The SMILES string of the molecule is CC/C=C\C/C=C\C/C=C\CCCCCC(=O)OC(COC(=O)CCCCCCCCCCCCCCCCCCCCCCCCCCCCC/C=C\CCCCCCCCCC)COP(=O)(O)OCC[N+](C)(C)C. The third-order valence-electron chi connectivity index (χ3n) is 14.3. The van der Waals surface area contributed by atoms with E-state index in [1.54, 1.807) is 0 Å². The van der Waals surface area contributed by atoms with Crippen LogP contribution in [0.3, 0.4) is 0 Å². The zero-order valence-electron chi connectivity index (χ0n) is 50.8. The highest BCUT2D eigenvalue weighted by Crippen LogP contribution is 2.43. The summed E-state index contributed by atoms with van der Waals surface area (Å²) in [5, 5.41) is 0. The van der Waals surface area contributed by atoms with Crippen molar-refractivity contribution >= 4 is 19.8 Å². The molecule has 0 aliphatic carbocycles. The maximum atomic E-state index is 12.7. The predicted octanol–water partition coefficient (Wildman–Crippen LogP) is 20.5. The van der Waals surface area contributed by atoms with Gasteiger partial charge in [-0.2, -0.15) is 0 Å². The smallest absolute Gasteiger partial charge is 0.462 e. The maximum Gasteiger partial charge on any atom is 0.472 e. The summed E-state index contributed by atoms with van der Waals surface area (Å²) in [6, 6.07) is 0. The first kappa shape index (κ1) is 74.0. The van der Waals surface area contributed by atoms with Crippen molar-refractivity contribution in [1.82, 2.24) is 0 Å². The molecule has 9 nitrogen and oxygen atoms in total. The lowest BCUT2D eigenvalue weighted by Crippen LogP contribution is -2.37. The second-order valence-electron chi connectivity index (χ2n) is 23.1. The molecule has 446 valence electrons. The van der Waals surface area contributed by atoms with Gasteiger partial charge in [-0.15, -0.1) is 0 Å². The molecule has 0 amide bonds. The number of ether oxygens (including phenoxy) is 2. The molecule has 0 aromatic rings. The van der Waals surface area contributed by atoms with E-state index >= 15 is 0 Å². The lowest BCUT2D eigenvalue weighted by molar-refractivity contribution is -0.870. The second-order valence-corrected chi connectivity index (χ2v) is 24.6. The molecule has 1 N–H and O–H groups in total. The highest BCUT2D eigenvalue weighted by Gasteiger charge is 2.27. The number of hydrogen-bond donors (Lipinski definition) is 1. The Balaban J connectivity index is 3.84. The van der Waals surface area contributed by atoms with Crippen LogP contribution in [0.25, 0.3) is 0 Å². The molecule has 0 aliphatic rings. The molecule has 0 bridgehead atoms. The molecule has 0 radical (unpaired) electrons. The molecule has 0 rings (SSSR count). The Kier molecular flexibility index (Phi) is 56.1. The van der Waals surface area contributed by atoms with Crippen molar-refractivity contribution in [3.05, 3.63) is 48.6 Å². The summed E-state index contributed by atoms with van der Waals surface area (Å²) in [5.74, 6) is -0.822. The van der Waals surface area contributed by atoms with E-state index in [9.17, 15) is 19.0 Å². The Hall–Kier alpha value is -2.03. The summed E-state index contributed by atoms with van der Waals surface area (Å²) in [6.07, 6.45) is 73.9. The lowest BCUT2D eigenvalue weighted by Gasteiger charge is -2.24. The van der Waals surface area contributed by atoms with Gasteiger partial charge < -0.3 is 18.9 Å². The van der Waals surface area contributed by atoms with Gasteiger partial charge in [-0.3, -0.25) is 18.6 Å². The zero-order chi connectivity index (χ0) is 55.6. The average Bonchev–Trinajstić information content (AvgIpc) is 3.38. The minimum Gasteiger partial charge on any atom is -0.462 e. The van der Waals surface area contributed by atoms with Gasteiger partial charge in [0, 0.05) is 12.8 Å². The van der Waals surface area contributed by atoms with Gasteiger partial charge in [-0.1, -0.05) is 274 Å². The zero-order valence-corrected chi connectivity index (χ0v) is 51.6. The van der Waals surface area contributed by atoms with Crippen molar-refractivity contribution in [2.75, 3.05) is 47.5 Å². The normalized spacial score (nSPS) is 13.5. The number of quaternary nitrogens is 1. The van der Waals surface area contributed by atoms with E-state index < -0.39 is 26.5 Å². The van der Waals surface area contributed by atoms with Crippen LogP contribution in [0.2, 0.25) is 0 Å². The van der Waals surface area contributed by atoms with Crippen LogP contribution < -0.4 is 0 Å². The number of unbranched alkanes of at least 4 members (excludes halogenated alkanes) is 38. The third kappa shape index (κ3) is 61.2. The number of allylic oxidation sites excluding steroid dienone is 8. The molecule has 10 heteroatoms. The molecular weight excluding hydrogens is 966 g/mol. The number of carbonyl (C=O) groups is 2. The standard InChI is InChI=1S/C66H124NO8P/c1-6-8-10-12-14-16-18-20-21-22-23-24-25-26-27-28-29-30-31-32-33-34-35-36-37-38-39-40-41-42-43-44-45-47-48-50-52-54-56-58-65(68)72-62-64(63-74-76(70,71)73-61-60-67(3,4)5)75-66(69)59-57-55-53-51-49-46-19-17-15-13-11-9-7-2/h9,11,15,17,22-23,46,49,64H,6-8,10,12-14,16,18-21,24-45,47-48,50-63H2,1-5H3/p+1/b11-9-,17-15-,23-22-,49-46-. The van der Waals surface area contributed by atoms with E-state index in [1.807, 2.05) is 21.1 Å². The predicted molar refractivity (Wildman–Crippen MR) is 326 cm³/mol. The van der Waals surface area contributed by atoms with Crippen molar-refractivity contribution in [3.8, 4) is 0 Å². The number of carbonyl (C=O) groups excluding carboxylic acids is 2. The number of likely N-dealkylation sites (N-methyl/N-ethyl adjacent to an activating group) is 1. The van der Waals surface area contributed by atoms with Gasteiger partial charge in [0.15, 0.2) is 6.10 Å². The van der Waals surface area contributed by atoms with Gasteiger partial charge in [0.1, 0.15) is 19.8 Å². The minimum absolute atomic E-state index is 0.0262. The summed E-state index contributed by atoms with van der Waals surface area (Å²) in [5.41, 5.74) is 0. The van der Waals surface area contributed by atoms with Crippen molar-refractivity contribution in [1.29, 1.82) is 0 Å². The maximum absolute atomic E-state index is 12.7. The number of phosphoric acid groups is 1. The number of hydrogen-bond acceptors (Lipinski definition) is 7. The quantitative estimate of drug-likeness (QED) is 0.0211. The van der Waals surface area contributed by atoms with Gasteiger partial charge in [-0.25, -0.2) is 4.57 Å². The van der Waals surface area contributed by atoms with Crippen LogP contribution in [0.1, 0.15) is 309 Å². The molecule has 0 saturated heterocycles. The van der Waals surface area contributed by atoms with Gasteiger partial charge in [0.2, 0.25) is 0 Å². The van der Waals surface area contributed by atoms with Crippen LogP contribution >= 0.6 is 7.82 Å². The van der Waals surface area contributed by atoms with Crippen molar-refractivity contribution in [2.45, 2.75) is 315 Å². The highest BCUT2D eigenvalue weighted by atomic mass is 31.2. The molecule has 0 spiro atoms. The van der Waals surface area contributed by atoms with E-state index in [1.165, 1.54) is 218 Å². The van der Waals surface area contributed by atoms with Crippen LogP contribution in [-0.2, 0) is 32.7 Å². The summed E-state index contributed by atoms with van der Waals surface area (Å²) in [7, 11) is 1.46. The molecule has 0 fully saturated rings.